The van der Waals surface area contributed by atoms with E-state index in [0.29, 0.717) is 108 Å². The summed E-state index contributed by atoms with van der Waals surface area (Å²) in [6, 6.07) is 46.2. The number of fused-ring (bicyclic) bond motifs is 1. The molecule has 6 aromatic rings. The number of aliphatic hydroxyl groups is 1. The summed E-state index contributed by atoms with van der Waals surface area (Å²) in [5, 5.41) is 49.6. The summed E-state index contributed by atoms with van der Waals surface area (Å²) < 4.78 is 0. The van der Waals surface area contributed by atoms with Crippen molar-refractivity contribution < 1.29 is 19.5 Å². The topological polar surface area (TPSA) is 198 Å². The predicted molar refractivity (Wildman–Crippen MR) is 406 cm³/mol. The van der Waals surface area contributed by atoms with Gasteiger partial charge in [-0.3, -0.25) is 4.90 Å². The average molecular weight is 1480 g/mol. The Kier molecular flexibility index (Phi) is 26.9. The van der Waals surface area contributed by atoms with Crippen LogP contribution in [-0.2, 0) is 5.41 Å². The van der Waals surface area contributed by atoms with E-state index in [1.165, 1.54) is 42.4 Å². The van der Waals surface area contributed by atoms with Gasteiger partial charge < -0.3 is 45.6 Å². The second-order valence-electron chi connectivity index (χ2n) is 28.3. The number of rotatable bonds is 18. The first-order valence-corrected chi connectivity index (χ1v) is 38.1. The average Bonchev–Trinajstić information content (AvgIpc) is 1.56. The molecule has 532 valence electrons. The van der Waals surface area contributed by atoms with Gasteiger partial charge in [-0.15, -0.1) is 0 Å². The minimum Gasteiger partial charge on any atom is -0.392 e. The minimum absolute atomic E-state index is 0.0949. The minimum atomic E-state index is -0.278. The van der Waals surface area contributed by atoms with Gasteiger partial charge >= 0.3 is 18.1 Å². The maximum absolute atomic E-state index is 13.5. The highest BCUT2D eigenvalue weighted by Gasteiger charge is 2.58. The smallest absolute Gasteiger partial charge is 0.322 e. The molecule has 0 aromatic heterocycles. The summed E-state index contributed by atoms with van der Waals surface area (Å²) in [7, 11) is 0. The second-order valence-corrected chi connectivity index (χ2v) is 30.9. The van der Waals surface area contributed by atoms with Crippen LogP contribution in [0.3, 0.4) is 0 Å². The summed E-state index contributed by atoms with van der Waals surface area (Å²) in [5.74, 6) is 1.39. The van der Waals surface area contributed by atoms with Gasteiger partial charge in [0.2, 0.25) is 0 Å². The van der Waals surface area contributed by atoms with E-state index in [4.69, 9.17) is 69.6 Å². The van der Waals surface area contributed by atoms with Crippen molar-refractivity contribution in [1.29, 1.82) is 15.8 Å². The molecule has 3 aliphatic heterocycles. The number of carbonyl (C=O) groups excluding carboxylic acids is 3. The van der Waals surface area contributed by atoms with Crippen LogP contribution in [0.1, 0.15) is 154 Å². The maximum Gasteiger partial charge on any atom is 0.322 e. The molecule has 6 aromatic carbocycles. The second kappa shape index (κ2) is 36.1. The van der Waals surface area contributed by atoms with Gasteiger partial charge in [-0.05, 0) is 266 Å². The van der Waals surface area contributed by atoms with E-state index in [0.717, 1.165) is 136 Å². The van der Waals surface area contributed by atoms with Gasteiger partial charge in [0.05, 0.1) is 51.0 Å². The summed E-state index contributed by atoms with van der Waals surface area (Å²) in [6.07, 6.45) is 17.3. The van der Waals surface area contributed by atoms with Crippen molar-refractivity contribution in [3.8, 4) is 18.2 Å². The van der Waals surface area contributed by atoms with Gasteiger partial charge in [-0.1, -0.05) is 106 Å². The van der Waals surface area contributed by atoms with Crippen molar-refractivity contribution >= 4 is 105 Å². The molecule has 0 bridgehead atoms. The lowest BCUT2D eigenvalue weighted by Gasteiger charge is -2.38. The van der Waals surface area contributed by atoms with Crippen LogP contribution in [0.2, 0.25) is 30.1 Å². The number of hydrogen-bond acceptors (Lipinski definition) is 10. The number of aliphatic hydroxyl groups excluding tert-OH is 1. The van der Waals surface area contributed by atoms with E-state index in [-0.39, 0.29) is 47.7 Å². The third-order valence-electron chi connectivity index (χ3n) is 21.8. The van der Waals surface area contributed by atoms with Crippen molar-refractivity contribution in [3.63, 3.8) is 0 Å². The van der Waals surface area contributed by atoms with Gasteiger partial charge in [0.1, 0.15) is 0 Å². The number of benzene rings is 6. The Labute approximate surface area is 625 Å². The quantitative estimate of drug-likeness (QED) is 0.0642. The van der Waals surface area contributed by atoms with E-state index in [2.05, 4.69) is 67.1 Å². The molecule has 16 nitrogen and oxygen atoms in total. The molecule has 4 saturated carbocycles. The number of carbonyl (C=O) groups is 3. The van der Waals surface area contributed by atoms with Crippen molar-refractivity contribution in [2.24, 2.45) is 5.92 Å². The Morgan fingerprint density at radius 2 is 0.901 bits per heavy atom. The van der Waals surface area contributed by atoms with Crippen LogP contribution >= 0.6 is 69.6 Å². The number of nitrogens with one attached hydrogen (secondary N) is 3. The Morgan fingerprint density at radius 3 is 1.34 bits per heavy atom. The number of halogens is 6. The lowest BCUT2D eigenvalue weighted by atomic mass is 9.80. The molecule has 22 heteroatoms. The van der Waals surface area contributed by atoms with Gasteiger partial charge in [-0.2, -0.15) is 15.8 Å². The van der Waals surface area contributed by atoms with Gasteiger partial charge in [-0.25, -0.2) is 14.4 Å². The van der Waals surface area contributed by atoms with Crippen molar-refractivity contribution in [2.45, 2.75) is 151 Å². The van der Waals surface area contributed by atoms with Crippen LogP contribution in [0, 0.1) is 39.9 Å². The molecule has 1 unspecified atom stereocenters. The van der Waals surface area contributed by atoms with Gasteiger partial charge in [0, 0.05) is 108 Å². The fourth-order valence-corrected chi connectivity index (χ4v) is 17.6. The zero-order valence-corrected chi connectivity index (χ0v) is 61.7. The molecule has 7 fully saturated rings. The molecule has 3 heterocycles. The van der Waals surface area contributed by atoms with Crippen LogP contribution in [0.4, 0.5) is 31.4 Å². The molecule has 4 atom stereocenters. The van der Waals surface area contributed by atoms with E-state index < -0.39 is 0 Å². The molecule has 7 aliphatic rings. The van der Waals surface area contributed by atoms with E-state index in [9.17, 15) is 35.3 Å². The number of likely N-dealkylation sites (tertiary alicyclic amines) is 3. The summed E-state index contributed by atoms with van der Waals surface area (Å²) in [4.78, 5) is 53.3. The molecule has 4 aliphatic carbocycles. The monoisotopic (exact) mass is 1480 g/mol. The standard InChI is InChI=1S/C27H30Cl2N4O2.2C26H30Cl2N4O/c28-24-5-4-21(14-25(24)29)31-26(35)33(11-10-32-9-7-23(34)17-32)22-6-8-27(15-20(27)13-22)19-3-1-2-18(12-19)16-30;2*27-22-15-23(28)17-24(16-22)30-26(33)32(13-12-31-10-1-2-11-31)25-8-6-20(7-9-25)21-5-3-4-19(14-21)18-29/h1-5,12,14,20,22-23,34H,6-11,13,15,17H2,(H,31,35);2*3-5,14-17,20,25H,1-2,6-13H2,(H,30,33)/t20?,22-,23-,27-;;/m1../s1. The number of amides is 6. The zero-order chi connectivity index (χ0) is 71.0. The Hall–Kier alpha value is -6.82. The summed E-state index contributed by atoms with van der Waals surface area (Å²) in [5.41, 5.74) is 7.85. The van der Waals surface area contributed by atoms with E-state index >= 15 is 0 Å². The SMILES string of the molecule is N#Cc1cccc(C2CCC(N(CCN3CCCC3)C(=O)Nc3cc(Cl)cc(Cl)c3)CC2)c1.N#Cc1cccc(C2CCC(N(CCN3CCCC3)C(=O)Nc3cc(Cl)cc(Cl)c3)CC2)c1.N#Cc1cccc([C@]23CC[C@@H](N(CCN4CC[C@@H](O)C4)C(=O)Nc4ccc(Cl)c(Cl)c4)CC2C3)c1. The van der Waals surface area contributed by atoms with Gasteiger partial charge in [0.25, 0.3) is 0 Å². The van der Waals surface area contributed by atoms with Crippen LogP contribution in [0.15, 0.2) is 127 Å². The van der Waals surface area contributed by atoms with Crippen LogP contribution in [-0.4, -0.2) is 155 Å². The number of nitrogens with zero attached hydrogens (tertiary/aromatic N) is 9. The third kappa shape index (κ3) is 20.8. The molecule has 101 heavy (non-hydrogen) atoms. The highest BCUT2D eigenvalue weighted by molar-refractivity contribution is 6.42. The third-order valence-corrected chi connectivity index (χ3v) is 23.4. The largest absolute Gasteiger partial charge is 0.392 e. The predicted octanol–water partition coefficient (Wildman–Crippen LogP) is 18.3. The number of anilines is 3. The fraction of sp³-hybridized carbons (Fsp3) is 0.468. The lowest BCUT2D eigenvalue weighted by molar-refractivity contribution is 0.142. The molecule has 0 radical (unpaired) electrons. The maximum atomic E-state index is 13.5. The van der Waals surface area contributed by atoms with Crippen LogP contribution in [0.5, 0.6) is 0 Å². The molecule has 4 N–H and O–H groups in total. The van der Waals surface area contributed by atoms with E-state index in [1.807, 2.05) is 69.3 Å². The molecular formula is C79H90Cl6N12O4. The first-order chi connectivity index (χ1) is 48.9. The highest BCUT2D eigenvalue weighted by atomic mass is 35.5. The number of nitriles is 3. The van der Waals surface area contributed by atoms with Crippen molar-refractivity contribution in [3.05, 3.63) is 191 Å². The normalized spacial score (nSPS) is 23.2. The fourth-order valence-electron chi connectivity index (χ4n) is 16.2. The van der Waals surface area contributed by atoms with Crippen LogP contribution in [0.25, 0.3) is 0 Å². The summed E-state index contributed by atoms with van der Waals surface area (Å²) in [6.45, 7) is 10.5. The first kappa shape index (κ1) is 75.3. The highest BCUT2D eigenvalue weighted by Crippen LogP contribution is 2.63. The molecule has 6 amide bonds. The molecule has 3 saturated heterocycles. The van der Waals surface area contributed by atoms with Crippen molar-refractivity contribution in [2.75, 3.05) is 94.5 Å². The Morgan fingerprint density at radius 1 is 0.465 bits per heavy atom. The zero-order valence-electron chi connectivity index (χ0n) is 57.1. The molecule has 13 rings (SSSR count). The number of hydrogen-bond donors (Lipinski definition) is 4. The van der Waals surface area contributed by atoms with E-state index in [1.54, 1.807) is 54.6 Å². The number of β-amino-alcohol motifs (C(OH)–C–C–N with tert-alkyl or cyclic N) is 1. The molecule has 0 spiro atoms. The Balaban J connectivity index is 0.000000153. The van der Waals surface area contributed by atoms with Crippen LogP contribution < -0.4 is 16.0 Å². The first-order valence-electron chi connectivity index (χ1n) is 35.9. The Bertz CT molecular complexity index is 3760. The summed E-state index contributed by atoms with van der Waals surface area (Å²) >= 11 is 36.7. The lowest BCUT2D eigenvalue weighted by Crippen LogP contribution is -2.48. The molecular weight excluding hydrogens is 1390 g/mol. The number of urea groups is 3. The van der Waals surface area contributed by atoms with Crippen molar-refractivity contribution in [1.82, 2.24) is 29.4 Å². The van der Waals surface area contributed by atoms with Gasteiger partial charge in [0.15, 0.2) is 0 Å².